The molecule has 15 heavy (non-hydrogen) atoms. The van der Waals surface area contributed by atoms with Crippen molar-refractivity contribution < 1.29 is 19.4 Å². The van der Waals surface area contributed by atoms with Gasteiger partial charge in [0.25, 0.3) is 0 Å². The molecular formula is C9H6BrClO4. The Balaban J connectivity index is 2.64. The molecule has 0 saturated heterocycles. The predicted octanol–water partition coefficient (Wildman–Crippen LogP) is 2.57. The van der Waals surface area contributed by atoms with Gasteiger partial charge in [0.2, 0.25) is 0 Å². The van der Waals surface area contributed by atoms with E-state index in [1.807, 2.05) is 0 Å². The zero-order valence-electron chi connectivity index (χ0n) is 7.42. The van der Waals surface area contributed by atoms with Gasteiger partial charge in [-0.2, -0.15) is 0 Å². The number of ether oxygens (including phenoxy) is 2. The summed E-state index contributed by atoms with van der Waals surface area (Å²) in [6, 6.07) is 1.55. The highest BCUT2D eigenvalue weighted by Crippen LogP contribution is 2.43. The lowest BCUT2D eigenvalue weighted by Gasteiger charge is -2.20. The number of benzene rings is 1. The van der Waals surface area contributed by atoms with Crippen LogP contribution in [0.15, 0.2) is 10.5 Å². The van der Waals surface area contributed by atoms with Crippen LogP contribution < -0.4 is 9.47 Å². The number of carbonyl (C=O) groups is 1. The Hall–Kier alpha value is -0.940. The van der Waals surface area contributed by atoms with E-state index in [0.717, 1.165) is 0 Å². The molecule has 0 amide bonds. The molecule has 6 heteroatoms. The molecule has 80 valence electrons. The summed E-state index contributed by atoms with van der Waals surface area (Å²) in [5.41, 5.74) is -0.0130. The fourth-order valence-corrected chi connectivity index (χ4v) is 2.33. The third kappa shape index (κ3) is 1.77. The lowest BCUT2D eigenvalue weighted by Crippen LogP contribution is -2.16. The standard InChI is InChI=1S/C9H6BrClO4/c10-4-3-5-8(15-2-1-14-5)7(11)6(4)9(12)13/h3H,1-2H2,(H,12,13). The Kier molecular flexibility index (Phi) is 2.75. The van der Waals surface area contributed by atoms with Crippen molar-refractivity contribution in [3.63, 3.8) is 0 Å². The van der Waals surface area contributed by atoms with E-state index >= 15 is 0 Å². The summed E-state index contributed by atoms with van der Waals surface area (Å²) in [6.07, 6.45) is 0. The number of carboxylic acids is 1. The Morgan fingerprint density at radius 1 is 1.47 bits per heavy atom. The fraction of sp³-hybridized carbons (Fsp3) is 0.222. The molecule has 0 aliphatic carbocycles. The Bertz CT molecular complexity index is 433. The highest BCUT2D eigenvalue weighted by atomic mass is 79.9. The van der Waals surface area contributed by atoms with Crippen molar-refractivity contribution >= 4 is 33.5 Å². The molecule has 0 unspecified atom stereocenters. The molecule has 1 aromatic rings. The maximum atomic E-state index is 10.9. The molecule has 1 heterocycles. The van der Waals surface area contributed by atoms with Gasteiger partial charge in [-0.1, -0.05) is 11.6 Å². The van der Waals surface area contributed by atoms with Gasteiger partial charge in [0.1, 0.15) is 18.2 Å². The maximum absolute atomic E-state index is 10.9. The quantitative estimate of drug-likeness (QED) is 0.864. The Labute approximate surface area is 98.9 Å². The van der Waals surface area contributed by atoms with Crippen molar-refractivity contribution in [3.05, 3.63) is 21.1 Å². The van der Waals surface area contributed by atoms with Gasteiger partial charge in [-0.3, -0.25) is 0 Å². The van der Waals surface area contributed by atoms with Crippen molar-refractivity contribution in [1.82, 2.24) is 0 Å². The average Bonchev–Trinajstić information content (AvgIpc) is 2.17. The maximum Gasteiger partial charge on any atom is 0.338 e. The normalized spacial score (nSPS) is 13.7. The monoisotopic (exact) mass is 292 g/mol. The largest absolute Gasteiger partial charge is 0.486 e. The van der Waals surface area contributed by atoms with Crippen LogP contribution in [0.25, 0.3) is 0 Å². The summed E-state index contributed by atoms with van der Waals surface area (Å²) < 4.78 is 10.9. The van der Waals surface area contributed by atoms with Gasteiger partial charge in [0, 0.05) is 4.47 Å². The van der Waals surface area contributed by atoms with Gasteiger partial charge in [-0.05, 0) is 22.0 Å². The second-order valence-electron chi connectivity index (χ2n) is 2.88. The number of rotatable bonds is 1. The summed E-state index contributed by atoms with van der Waals surface area (Å²) in [7, 11) is 0. The third-order valence-electron chi connectivity index (χ3n) is 1.94. The van der Waals surface area contributed by atoms with Crippen LogP contribution in [0.4, 0.5) is 0 Å². The first-order chi connectivity index (χ1) is 7.11. The second kappa shape index (κ2) is 3.90. The number of fused-ring (bicyclic) bond motifs is 1. The minimum Gasteiger partial charge on any atom is -0.486 e. The molecule has 4 nitrogen and oxygen atoms in total. The number of aromatic carboxylic acids is 1. The molecule has 0 atom stereocenters. The summed E-state index contributed by atoms with van der Waals surface area (Å²) in [6.45, 7) is 0.801. The van der Waals surface area contributed by atoms with Gasteiger partial charge >= 0.3 is 5.97 Å². The van der Waals surface area contributed by atoms with Crippen LogP contribution in [-0.2, 0) is 0 Å². The molecule has 1 aliphatic rings. The minimum atomic E-state index is -1.11. The van der Waals surface area contributed by atoms with Crippen LogP contribution >= 0.6 is 27.5 Å². The molecule has 1 aliphatic heterocycles. The van der Waals surface area contributed by atoms with E-state index in [-0.39, 0.29) is 10.6 Å². The van der Waals surface area contributed by atoms with E-state index in [0.29, 0.717) is 29.2 Å². The van der Waals surface area contributed by atoms with Crippen LogP contribution in [0.5, 0.6) is 11.5 Å². The van der Waals surface area contributed by atoms with Crippen molar-refractivity contribution in [2.75, 3.05) is 13.2 Å². The van der Waals surface area contributed by atoms with E-state index in [1.165, 1.54) is 0 Å². The van der Waals surface area contributed by atoms with Gasteiger partial charge in [-0.25, -0.2) is 4.79 Å². The van der Waals surface area contributed by atoms with Crippen LogP contribution in [0, 0.1) is 0 Å². The average molecular weight is 294 g/mol. The van der Waals surface area contributed by atoms with Crippen molar-refractivity contribution in [1.29, 1.82) is 0 Å². The summed E-state index contributed by atoms with van der Waals surface area (Å²) >= 11 is 9.04. The van der Waals surface area contributed by atoms with E-state index in [4.69, 9.17) is 26.2 Å². The number of hydrogen-bond donors (Lipinski definition) is 1. The SMILES string of the molecule is O=C(O)c1c(Br)cc2c(c1Cl)OCCO2. The van der Waals surface area contributed by atoms with Gasteiger partial charge in [0.05, 0.1) is 5.56 Å². The Morgan fingerprint density at radius 3 is 2.80 bits per heavy atom. The first-order valence-corrected chi connectivity index (χ1v) is 5.29. The summed E-state index contributed by atoms with van der Waals surface area (Å²) in [5.74, 6) is -0.351. The summed E-state index contributed by atoms with van der Waals surface area (Å²) in [5, 5.41) is 9.00. The minimum absolute atomic E-state index is 0.0130. The molecular weight excluding hydrogens is 287 g/mol. The molecule has 1 N–H and O–H groups in total. The van der Waals surface area contributed by atoms with E-state index in [1.54, 1.807) is 6.07 Å². The van der Waals surface area contributed by atoms with Crippen LogP contribution in [0.1, 0.15) is 10.4 Å². The molecule has 0 bridgehead atoms. The zero-order chi connectivity index (χ0) is 11.0. The first kappa shape index (κ1) is 10.6. The number of hydrogen-bond acceptors (Lipinski definition) is 3. The molecule has 0 radical (unpaired) electrons. The van der Waals surface area contributed by atoms with Crippen molar-refractivity contribution in [2.24, 2.45) is 0 Å². The van der Waals surface area contributed by atoms with E-state index in [2.05, 4.69) is 15.9 Å². The highest BCUT2D eigenvalue weighted by molar-refractivity contribution is 9.10. The van der Waals surface area contributed by atoms with Crippen molar-refractivity contribution in [2.45, 2.75) is 0 Å². The fourth-order valence-electron chi connectivity index (χ4n) is 1.31. The molecule has 0 fully saturated rings. The van der Waals surface area contributed by atoms with Gasteiger partial charge in [0.15, 0.2) is 11.5 Å². The smallest absolute Gasteiger partial charge is 0.338 e. The predicted molar refractivity (Wildman–Crippen MR) is 57.1 cm³/mol. The molecule has 2 rings (SSSR count). The van der Waals surface area contributed by atoms with Gasteiger partial charge < -0.3 is 14.6 Å². The van der Waals surface area contributed by atoms with Crippen molar-refractivity contribution in [3.8, 4) is 11.5 Å². The molecule has 0 spiro atoms. The molecule has 0 aromatic heterocycles. The molecule has 0 saturated carbocycles. The Morgan fingerprint density at radius 2 is 2.13 bits per heavy atom. The van der Waals surface area contributed by atoms with Crippen LogP contribution in [-0.4, -0.2) is 24.3 Å². The van der Waals surface area contributed by atoms with E-state index < -0.39 is 5.97 Å². The third-order valence-corrected chi connectivity index (χ3v) is 2.93. The second-order valence-corrected chi connectivity index (χ2v) is 4.11. The van der Waals surface area contributed by atoms with E-state index in [9.17, 15) is 4.79 Å². The lowest BCUT2D eigenvalue weighted by molar-refractivity contribution is 0.0695. The van der Waals surface area contributed by atoms with Gasteiger partial charge in [-0.15, -0.1) is 0 Å². The number of halogens is 2. The molecule has 1 aromatic carbocycles. The van der Waals surface area contributed by atoms with Crippen LogP contribution in [0.2, 0.25) is 5.02 Å². The first-order valence-electron chi connectivity index (χ1n) is 4.12. The topological polar surface area (TPSA) is 55.8 Å². The number of carboxylic acid groups (broad SMARTS) is 1. The zero-order valence-corrected chi connectivity index (χ0v) is 9.76. The highest BCUT2D eigenvalue weighted by Gasteiger charge is 2.24. The lowest BCUT2D eigenvalue weighted by atomic mass is 10.2. The summed E-state index contributed by atoms with van der Waals surface area (Å²) in [4.78, 5) is 10.9. The van der Waals surface area contributed by atoms with Crippen LogP contribution in [0.3, 0.4) is 0 Å².